The van der Waals surface area contributed by atoms with Gasteiger partial charge in [0.25, 0.3) is 0 Å². The number of aromatic nitrogens is 4. The summed E-state index contributed by atoms with van der Waals surface area (Å²) in [5, 5.41) is 14.4. The van der Waals surface area contributed by atoms with Crippen molar-refractivity contribution in [2.45, 2.75) is 39.1 Å². The van der Waals surface area contributed by atoms with E-state index in [0.29, 0.717) is 23.4 Å². The van der Waals surface area contributed by atoms with Crippen LogP contribution in [-0.4, -0.2) is 31.4 Å². The van der Waals surface area contributed by atoms with Crippen molar-refractivity contribution < 1.29 is 9.53 Å². The van der Waals surface area contributed by atoms with Crippen molar-refractivity contribution in [3.05, 3.63) is 46.7 Å². The first-order valence-corrected chi connectivity index (χ1v) is 10.4. The molecular weight excluding hydrogens is 382 g/mol. The highest BCUT2D eigenvalue weighted by Gasteiger charge is 2.14. The van der Waals surface area contributed by atoms with Crippen molar-refractivity contribution >= 4 is 34.1 Å². The van der Waals surface area contributed by atoms with E-state index in [-0.39, 0.29) is 11.7 Å². The molecule has 0 aliphatic rings. The monoisotopic (exact) mass is 403 g/mol. The first kappa shape index (κ1) is 19.4. The van der Waals surface area contributed by atoms with Gasteiger partial charge >= 0.3 is 0 Å². The molecule has 3 rings (SSSR count). The van der Waals surface area contributed by atoms with Gasteiger partial charge in [-0.2, -0.15) is 0 Å². The van der Waals surface area contributed by atoms with E-state index in [1.165, 1.54) is 23.1 Å². The van der Waals surface area contributed by atoms with Crippen LogP contribution in [0.4, 0.5) is 5.13 Å². The van der Waals surface area contributed by atoms with Crippen molar-refractivity contribution in [3.63, 3.8) is 0 Å². The second-order valence-corrected chi connectivity index (χ2v) is 7.63. The van der Waals surface area contributed by atoms with Crippen LogP contribution in [0.25, 0.3) is 0 Å². The van der Waals surface area contributed by atoms with Crippen LogP contribution >= 0.6 is 23.1 Å². The maximum atomic E-state index is 12.1. The molecule has 0 radical (unpaired) electrons. The molecule has 0 bridgehead atoms. The second kappa shape index (κ2) is 9.01. The first-order valence-electron chi connectivity index (χ1n) is 8.52. The van der Waals surface area contributed by atoms with E-state index in [1.807, 2.05) is 55.0 Å². The van der Waals surface area contributed by atoms with E-state index in [2.05, 4.69) is 20.5 Å². The minimum absolute atomic E-state index is 0.113. The fourth-order valence-electron chi connectivity index (χ4n) is 2.41. The zero-order valence-electron chi connectivity index (χ0n) is 15.4. The van der Waals surface area contributed by atoms with E-state index in [1.54, 1.807) is 0 Å². The van der Waals surface area contributed by atoms with Crippen molar-refractivity contribution in [1.82, 2.24) is 19.7 Å². The van der Waals surface area contributed by atoms with Crippen LogP contribution in [0.3, 0.4) is 0 Å². The Morgan fingerprint density at radius 3 is 2.81 bits per heavy atom. The lowest BCUT2D eigenvalue weighted by molar-refractivity contribution is -0.113. The van der Waals surface area contributed by atoms with Crippen LogP contribution in [0.15, 0.2) is 34.8 Å². The molecule has 0 fully saturated rings. The Hall–Kier alpha value is -2.39. The van der Waals surface area contributed by atoms with Crippen molar-refractivity contribution in [3.8, 4) is 5.75 Å². The van der Waals surface area contributed by atoms with E-state index in [4.69, 9.17) is 4.74 Å². The average molecular weight is 404 g/mol. The fourth-order valence-corrected chi connectivity index (χ4v) is 3.93. The van der Waals surface area contributed by atoms with Crippen molar-refractivity contribution in [1.29, 1.82) is 0 Å². The van der Waals surface area contributed by atoms with Crippen LogP contribution in [0.1, 0.15) is 24.0 Å². The van der Waals surface area contributed by atoms with Crippen molar-refractivity contribution in [2.75, 3.05) is 11.1 Å². The van der Waals surface area contributed by atoms with Crippen LogP contribution < -0.4 is 10.1 Å². The lowest BCUT2D eigenvalue weighted by Crippen LogP contribution is -2.14. The van der Waals surface area contributed by atoms with E-state index in [0.717, 1.165) is 22.8 Å². The van der Waals surface area contributed by atoms with Crippen LogP contribution in [0.5, 0.6) is 5.75 Å². The molecule has 2 heterocycles. The van der Waals surface area contributed by atoms with Gasteiger partial charge < -0.3 is 14.6 Å². The molecule has 0 spiro atoms. The molecule has 0 atom stereocenters. The van der Waals surface area contributed by atoms with Crippen LogP contribution in [0.2, 0.25) is 0 Å². The number of ether oxygens (including phenoxy) is 1. The summed E-state index contributed by atoms with van der Waals surface area (Å²) < 4.78 is 7.83. The molecule has 9 heteroatoms. The predicted octanol–water partition coefficient (Wildman–Crippen LogP) is 3.68. The van der Waals surface area contributed by atoms with E-state index in [9.17, 15) is 4.79 Å². The maximum Gasteiger partial charge on any atom is 0.236 e. The number of hydrogen-bond acceptors (Lipinski definition) is 7. The second-order valence-electron chi connectivity index (χ2n) is 5.83. The fraction of sp³-hybridized carbons (Fsp3) is 0.333. The Labute approximate surface area is 166 Å². The molecule has 1 N–H and O–H groups in total. The Morgan fingerprint density at radius 1 is 1.30 bits per heavy atom. The van der Waals surface area contributed by atoms with Gasteiger partial charge in [-0.15, -0.1) is 21.5 Å². The third-order valence-electron chi connectivity index (χ3n) is 3.76. The summed E-state index contributed by atoms with van der Waals surface area (Å²) in [5.41, 5.74) is 1.97. The number of rotatable bonds is 8. The maximum absolute atomic E-state index is 12.1. The summed E-state index contributed by atoms with van der Waals surface area (Å²) in [5.74, 6) is 1.70. The van der Waals surface area contributed by atoms with E-state index >= 15 is 0 Å². The minimum atomic E-state index is -0.113. The molecule has 0 saturated heterocycles. The number of anilines is 1. The summed E-state index contributed by atoms with van der Waals surface area (Å²) in [7, 11) is 0. The number of thiazole rings is 1. The van der Waals surface area contributed by atoms with Gasteiger partial charge in [-0.05, 0) is 32.4 Å². The quantitative estimate of drug-likeness (QED) is 0.578. The summed E-state index contributed by atoms with van der Waals surface area (Å²) in [6, 6.07) is 7.85. The molecule has 0 saturated carbocycles. The molecule has 142 valence electrons. The lowest BCUT2D eigenvalue weighted by atomic mass is 10.2. The van der Waals surface area contributed by atoms with Crippen molar-refractivity contribution in [2.24, 2.45) is 0 Å². The summed E-state index contributed by atoms with van der Waals surface area (Å²) >= 11 is 2.76. The average Bonchev–Trinajstić information content (AvgIpc) is 3.24. The molecule has 0 aliphatic carbocycles. The van der Waals surface area contributed by atoms with Gasteiger partial charge in [0.2, 0.25) is 5.91 Å². The molecule has 0 unspecified atom stereocenters. The molecule has 27 heavy (non-hydrogen) atoms. The van der Waals surface area contributed by atoms with Crippen LogP contribution in [0, 0.1) is 13.8 Å². The summed E-state index contributed by atoms with van der Waals surface area (Å²) in [4.78, 5) is 16.3. The van der Waals surface area contributed by atoms with Crippen LogP contribution in [-0.2, 0) is 17.9 Å². The SMILES string of the molecule is CCn1c(COc2ccccc2C)nnc1SCC(=O)Nc1nc(C)cs1. The highest BCUT2D eigenvalue weighted by molar-refractivity contribution is 7.99. The number of hydrogen-bond donors (Lipinski definition) is 1. The molecule has 0 aliphatic heterocycles. The zero-order chi connectivity index (χ0) is 19.2. The van der Waals surface area contributed by atoms with Gasteiger partial charge in [0.05, 0.1) is 11.4 Å². The van der Waals surface area contributed by atoms with Gasteiger partial charge in [-0.3, -0.25) is 4.79 Å². The normalized spacial score (nSPS) is 10.8. The van der Waals surface area contributed by atoms with Gasteiger partial charge in [-0.25, -0.2) is 4.98 Å². The Bertz CT molecular complexity index is 922. The standard InChI is InChI=1S/C18H21N5O2S2/c1-4-23-15(9-25-14-8-6-5-7-12(14)2)21-22-18(23)27-11-16(24)20-17-19-13(3)10-26-17/h5-8,10H,4,9,11H2,1-3H3,(H,19,20,24). The summed E-state index contributed by atoms with van der Waals surface area (Å²) in [6.45, 7) is 6.95. The van der Waals surface area contributed by atoms with E-state index < -0.39 is 0 Å². The highest BCUT2D eigenvalue weighted by Crippen LogP contribution is 2.21. The van der Waals surface area contributed by atoms with Gasteiger partial charge in [0, 0.05) is 11.9 Å². The molecule has 1 amide bonds. The smallest absolute Gasteiger partial charge is 0.236 e. The molecule has 1 aromatic carbocycles. The molecule has 7 nitrogen and oxygen atoms in total. The Kier molecular flexibility index (Phi) is 6.46. The molecule has 3 aromatic rings. The Balaban J connectivity index is 1.58. The molecular formula is C18H21N5O2S2. The lowest BCUT2D eigenvalue weighted by Gasteiger charge is -2.10. The minimum Gasteiger partial charge on any atom is -0.485 e. The number of nitrogens with one attached hydrogen (secondary N) is 1. The predicted molar refractivity (Wildman–Crippen MR) is 107 cm³/mol. The molecule has 2 aromatic heterocycles. The zero-order valence-corrected chi connectivity index (χ0v) is 17.1. The highest BCUT2D eigenvalue weighted by atomic mass is 32.2. The van der Waals surface area contributed by atoms with Gasteiger partial charge in [0.15, 0.2) is 16.1 Å². The number of aryl methyl sites for hydroxylation is 2. The number of thioether (sulfide) groups is 1. The largest absolute Gasteiger partial charge is 0.485 e. The number of para-hydroxylation sites is 1. The van der Waals surface area contributed by atoms with Gasteiger partial charge in [0.1, 0.15) is 12.4 Å². The number of carbonyl (C=O) groups excluding carboxylic acids is 1. The van der Waals surface area contributed by atoms with Gasteiger partial charge in [-0.1, -0.05) is 30.0 Å². The topological polar surface area (TPSA) is 81.9 Å². The first-order chi connectivity index (χ1) is 13.1. The summed E-state index contributed by atoms with van der Waals surface area (Å²) in [6.07, 6.45) is 0. The Morgan fingerprint density at radius 2 is 2.11 bits per heavy atom. The number of amides is 1. The third-order valence-corrected chi connectivity index (χ3v) is 5.60. The number of carbonyl (C=O) groups is 1. The number of benzene rings is 1. The number of nitrogens with zero attached hydrogens (tertiary/aromatic N) is 4. The third kappa shape index (κ3) is 5.08.